The number of piperidine rings is 1. The Kier molecular flexibility index (Phi) is 9.46. The molecular formula is C32H36F2N8O3. The van der Waals surface area contributed by atoms with E-state index in [4.69, 9.17) is 25.2 Å². The Balaban J connectivity index is 1.21. The van der Waals surface area contributed by atoms with Gasteiger partial charge in [0.1, 0.15) is 11.6 Å². The molecule has 0 spiro atoms. The molecule has 2 saturated heterocycles. The summed E-state index contributed by atoms with van der Waals surface area (Å²) in [5, 5.41) is 16.7. The predicted molar refractivity (Wildman–Crippen MR) is 164 cm³/mol. The average molecular weight is 619 g/mol. The molecular weight excluding hydrogens is 582 g/mol. The van der Waals surface area contributed by atoms with Crippen molar-refractivity contribution in [2.75, 3.05) is 43.1 Å². The first-order chi connectivity index (χ1) is 21.9. The molecule has 3 N–H and O–H groups in total. The third-order valence-corrected chi connectivity index (χ3v) is 8.23. The Labute approximate surface area is 259 Å². The monoisotopic (exact) mass is 618 g/mol. The van der Waals surface area contributed by atoms with Crippen LogP contribution < -0.4 is 16.0 Å². The Morgan fingerprint density at radius 3 is 2.67 bits per heavy atom. The highest BCUT2D eigenvalue weighted by Gasteiger charge is 2.34. The molecule has 13 heteroatoms. The number of fused-ring (bicyclic) bond motifs is 1. The van der Waals surface area contributed by atoms with Gasteiger partial charge in [0.05, 0.1) is 78.5 Å². The number of halogens is 2. The van der Waals surface area contributed by atoms with Crippen molar-refractivity contribution in [3.05, 3.63) is 66.1 Å². The Hall–Kier alpha value is -4.22. The van der Waals surface area contributed by atoms with E-state index >= 15 is 8.78 Å². The molecule has 4 aromatic rings. The summed E-state index contributed by atoms with van der Waals surface area (Å²) in [5.74, 6) is -0.964. The predicted octanol–water partition coefficient (Wildman–Crippen LogP) is 4.59. The molecule has 0 amide bonds. The number of anilines is 3. The fraction of sp³-hybridized carbons (Fsp3) is 0.438. The first kappa shape index (κ1) is 30.8. The lowest BCUT2D eigenvalue weighted by atomic mass is 9.92. The zero-order valence-corrected chi connectivity index (χ0v) is 25.0. The van der Waals surface area contributed by atoms with Gasteiger partial charge < -0.3 is 30.2 Å². The van der Waals surface area contributed by atoms with Crippen LogP contribution in [0.5, 0.6) is 0 Å². The molecule has 236 valence electrons. The van der Waals surface area contributed by atoms with Gasteiger partial charge in [0.2, 0.25) is 5.95 Å². The standard InChI is InChI=1S/C32H36F2N8O3/c1-20-17-41(18-26(36)31(20)44-10-2-8-35)29-5-9-37-16-28(29)39-32-38-15-22-3-4-27(40-42(22)32)30-24(33)13-21(14-25(30)34)19-45-23-6-11-43-12-7-23/h3-5,9,13-16,20,23,26,31H,2,6-7,10-12,17-19,36H2,1H3,(H,38,39)/t20-,26+,31-/m0/s1. The normalized spacial score (nSPS) is 20.8. The van der Waals surface area contributed by atoms with Crippen molar-refractivity contribution in [1.82, 2.24) is 19.6 Å². The number of rotatable bonds is 10. The lowest BCUT2D eigenvalue weighted by Crippen LogP contribution is -2.56. The molecule has 0 unspecified atom stereocenters. The van der Waals surface area contributed by atoms with Gasteiger partial charge in [0.25, 0.3) is 0 Å². The number of benzene rings is 1. The molecule has 2 aliphatic heterocycles. The highest BCUT2D eigenvalue weighted by atomic mass is 19.1. The summed E-state index contributed by atoms with van der Waals surface area (Å²) in [6.45, 7) is 5.02. The van der Waals surface area contributed by atoms with Crippen LogP contribution in [0.2, 0.25) is 0 Å². The van der Waals surface area contributed by atoms with Crippen molar-refractivity contribution < 1.29 is 23.0 Å². The number of hydrogen-bond acceptors (Lipinski definition) is 10. The van der Waals surface area contributed by atoms with Crippen LogP contribution in [0.15, 0.2) is 48.9 Å². The van der Waals surface area contributed by atoms with E-state index in [9.17, 15) is 0 Å². The number of nitrogens with one attached hydrogen (secondary N) is 1. The van der Waals surface area contributed by atoms with Gasteiger partial charge in [-0.15, -0.1) is 0 Å². The van der Waals surface area contributed by atoms with Gasteiger partial charge >= 0.3 is 0 Å². The highest BCUT2D eigenvalue weighted by molar-refractivity contribution is 5.74. The van der Waals surface area contributed by atoms with Crippen molar-refractivity contribution >= 4 is 22.8 Å². The molecule has 0 radical (unpaired) electrons. The highest BCUT2D eigenvalue weighted by Crippen LogP contribution is 2.33. The third kappa shape index (κ3) is 6.89. The summed E-state index contributed by atoms with van der Waals surface area (Å²) in [4.78, 5) is 10.9. The summed E-state index contributed by atoms with van der Waals surface area (Å²) in [6, 6.07) is 9.61. The topological polar surface area (TPSA) is 136 Å². The number of nitrogens with two attached hydrogens (primary N) is 1. The number of aromatic nitrogens is 4. The van der Waals surface area contributed by atoms with E-state index in [1.165, 1.54) is 16.6 Å². The number of nitrogens with zero attached hydrogens (tertiary/aromatic N) is 6. The number of hydrogen-bond donors (Lipinski definition) is 2. The summed E-state index contributed by atoms with van der Waals surface area (Å²) < 4.78 is 49.3. The zero-order valence-electron chi connectivity index (χ0n) is 25.0. The Bertz CT molecular complexity index is 1640. The summed E-state index contributed by atoms with van der Waals surface area (Å²) in [6.07, 6.45) is 6.73. The maximum absolute atomic E-state index is 15.3. The van der Waals surface area contributed by atoms with E-state index in [1.54, 1.807) is 30.7 Å². The molecule has 0 bridgehead atoms. The zero-order chi connectivity index (χ0) is 31.3. The van der Waals surface area contributed by atoms with E-state index in [1.807, 2.05) is 6.07 Å². The second kappa shape index (κ2) is 13.8. The van der Waals surface area contributed by atoms with Crippen LogP contribution in [0.1, 0.15) is 31.7 Å². The fourth-order valence-corrected chi connectivity index (χ4v) is 6.02. The van der Waals surface area contributed by atoms with Crippen molar-refractivity contribution in [3.63, 3.8) is 0 Å². The van der Waals surface area contributed by atoms with E-state index in [0.717, 1.165) is 18.5 Å². The van der Waals surface area contributed by atoms with E-state index in [2.05, 4.69) is 38.3 Å². The van der Waals surface area contributed by atoms with Crippen LogP contribution in [0, 0.1) is 28.9 Å². The van der Waals surface area contributed by atoms with Crippen LogP contribution in [0.25, 0.3) is 16.8 Å². The average Bonchev–Trinajstić information content (AvgIpc) is 3.43. The second-order valence-corrected chi connectivity index (χ2v) is 11.5. The van der Waals surface area contributed by atoms with Crippen LogP contribution in [-0.4, -0.2) is 70.7 Å². The maximum atomic E-state index is 15.3. The van der Waals surface area contributed by atoms with Crippen LogP contribution in [0.3, 0.4) is 0 Å². The molecule has 3 aromatic heterocycles. The largest absolute Gasteiger partial charge is 0.381 e. The quantitative estimate of drug-likeness (QED) is 0.243. The minimum Gasteiger partial charge on any atom is -0.381 e. The Morgan fingerprint density at radius 2 is 1.91 bits per heavy atom. The van der Waals surface area contributed by atoms with Crippen LogP contribution in [-0.2, 0) is 20.8 Å². The van der Waals surface area contributed by atoms with Gasteiger partial charge in [-0.05, 0) is 48.7 Å². The van der Waals surface area contributed by atoms with Gasteiger partial charge in [0, 0.05) is 44.5 Å². The van der Waals surface area contributed by atoms with Gasteiger partial charge in [-0.3, -0.25) is 4.98 Å². The molecule has 0 saturated carbocycles. The Morgan fingerprint density at radius 1 is 1.11 bits per heavy atom. The van der Waals surface area contributed by atoms with E-state index in [-0.39, 0.29) is 42.0 Å². The lowest BCUT2D eigenvalue weighted by Gasteiger charge is -2.42. The van der Waals surface area contributed by atoms with Crippen molar-refractivity contribution in [2.24, 2.45) is 11.7 Å². The number of imidazole rings is 1. The van der Waals surface area contributed by atoms with Gasteiger partial charge in [-0.1, -0.05) is 6.92 Å². The van der Waals surface area contributed by atoms with Gasteiger partial charge in [0.15, 0.2) is 0 Å². The summed E-state index contributed by atoms with van der Waals surface area (Å²) in [7, 11) is 0. The fourth-order valence-electron chi connectivity index (χ4n) is 6.02. The van der Waals surface area contributed by atoms with Crippen molar-refractivity contribution in [2.45, 2.75) is 51.0 Å². The smallest absolute Gasteiger partial charge is 0.229 e. The minimum atomic E-state index is -0.720. The molecule has 11 nitrogen and oxygen atoms in total. The molecule has 3 atom stereocenters. The molecule has 6 rings (SSSR count). The molecule has 5 heterocycles. The van der Waals surface area contributed by atoms with E-state index < -0.39 is 11.6 Å². The molecule has 0 aliphatic carbocycles. The molecule has 2 fully saturated rings. The summed E-state index contributed by atoms with van der Waals surface area (Å²) in [5.41, 5.74) is 9.01. The first-order valence-electron chi connectivity index (χ1n) is 15.1. The van der Waals surface area contributed by atoms with Gasteiger partial charge in [-0.25, -0.2) is 13.8 Å². The molecule has 45 heavy (non-hydrogen) atoms. The number of ether oxygens (including phenoxy) is 3. The maximum Gasteiger partial charge on any atom is 0.229 e. The van der Waals surface area contributed by atoms with Crippen molar-refractivity contribution in [1.29, 1.82) is 5.26 Å². The van der Waals surface area contributed by atoms with Crippen LogP contribution in [0.4, 0.5) is 26.1 Å². The number of pyridine rings is 1. The SMILES string of the molecule is C[C@H]1CN(c2ccncc2Nc2ncc3ccc(-c4c(F)cc(COC5CCOCC5)cc4F)nn23)C[C@@H](N)[C@H]1OCCC#N. The number of nitriles is 1. The van der Waals surface area contributed by atoms with Crippen LogP contribution >= 0.6 is 0 Å². The second-order valence-electron chi connectivity index (χ2n) is 11.5. The molecule has 1 aromatic carbocycles. The summed E-state index contributed by atoms with van der Waals surface area (Å²) >= 11 is 0. The molecule has 2 aliphatic rings. The van der Waals surface area contributed by atoms with Gasteiger partial charge in [-0.2, -0.15) is 14.9 Å². The third-order valence-electron chi connectivity index (χ3n) is 8.23. The van der Waals surface area contributed by atoms with Crippen molar-refractivity contribution in [3.8, 4) is 17.3 Å². The van der Waals surface area contributed by atoms with E-state index in [0.29, 0.717) is 62.0 Å². The lowest BCUT2D eigenvalue weighted by molar-refractivity contribution is -0.0391. The minimum absolute atomic E-state index is 0.0160. The first-order valence-corrected chi connectivity index (χ1v) is 15.1.